The summed E-state index contributed by atoms with van der Waals surface area (Å²) in [5.74, 6) is 1.60. The lowest BCUT2D eigenvalue weighted by atomic mass is 9.95. The molecular formula is C24H33N3O. The Hall–Kier alpha value is -2.88. The SMILES string of the molecule is C=C/C=C\C(=C/C)CC(=N)c1cc(-c2c(C)noc2C)ccc1N.CC(C)C. The van der Waals surface area contributed by atoms with Gasteiger partial charge in [0, 0.05) is 28.9 Å². The molecule has 1 aromatic carbocycles. The van der Waals surface area contributed by atoms with E-state index in [0.717, 1.165) is 39.6 Å². The molecule has 0 radical (unpaired) electrons. The molecule has 0 aliphatic heterocycles. The first kappa shape index (κ1) is 23.2. The molecule has 0 fully saturated rings. The quantitative estimate of drug-likeness (QED) is 0.335. The maximum Gasteiger partial charge on any atom is 0.141 e. The van der Waals surface area contributed by atoms with Crippen LogP contribution in [0.4, 0.5) is 5.69 Å². The highest BCUT2D eigenvalue weighted by Crippen LogP contribution is 2.30. The molecule has 0 spiro atoms. The number of hydrogen-bond acceptors (Lipinski definition) is 4. The van der Waals surface area contributed by atoms with Gasteiger partial charge in [0.05, 0.1) is 5.69 Å². The van der Waals surface area contributed by atoms with Crippen LogP contribution in [0.1, 0.15) is 51.1 Å². The molecule has 1 aromatic heterocycles. The Kier molecular flexibility index (Phi) is 9.16. The van der Waals surface area contributed by atoms with Crippen LogP contribution in [0.2, 0.25) is 0 Å². The number of aryl methyl sites for hydroxylation is 2. The van der Waals surface area contributed by atoms with E-state index in [1.165, 1.54) is 0 Å². The van der Waals surface area contributed by atoms with Crippen LogP contribution in [0.5, 0.6) is 0 Å². The van der Waals surface area contributed by atoms with E-state index in [2.05, 4.69) is 32.5 Å². The second-order valence-electron chi connectivity index (χ2n) is 7.35. The molecule has 0 aliphatic rings. The lowest BCUT2D eigenvalue weighted by molar-refractivity contribution is 0.393. The molecule has 4 heteroatoms. The van der Waals surface area contributed by atoms with Crippen LogP contribution in [-0.4, -0.2) is 10.9 Å². The van der Waals surface area contributed by atoms with E-state index in [0.29, 0.717) is 17.8 Å². The Labute approximate surface area is 169 Å². The molecule has 2 rings (SSSR count). The highest BCUT2D eigenvalue weighted by Gasteiger charge is 2.14. The second-order valence-corrected chi connectivity index (χ2v) is 7.35. The third kappa shape index (κ3) is 6.69. The van der Waals surface area contributed by atoms with Crippen LogP contribution in [-0.2, 0) is 0 Å². The van der Waals surface area contributed by atoms with E-state index < -0.39 is 0 Å². The van der Waals surface area contributed by atoms with Crippen molar-refractivity contribution in [1.82, 2.24) is 5.16 Å². The van der Waals surface area contributed by atoms with Gasteiger partial charge in [0.1, 0.15) is 5.76 Å². The van der Waals surface area contributed by atoms with E-state index in [4.69, 9.17) is 15.7 Å². The molecule has 0 saturated carbocycles. The molecule has 0 unspecified atom stereocenters. The van der Waals surface area contributed by atoms with Gasteiger partial charge < -0.3 is 15.7 Å². The molecule has 2 aromatic rings. The molecule has 4 nitrogen and oxygen atoms in total. The van der Waals surface area contributed by atoms with Crippen LogP contribution in [0, 0.1) is 25.2 Å². The number of allylic oxidation sites excluding steroid dienone is 5. The Morgan fingerprint density at radius 1 is 1.29 bits per heavy atom. The predicted molar refractivity (Wildman–Crippen MR) is 121 cm³/mol. The molecule has 0 amide bonds. The summed E-state index contributed by atoms with van der Waals surface area (Å²) in [5.41, 5.74) is 11.7. The first-order valence-electron chi connectivity index (χ1n) is 9.56. The highest BCUT2D eigenvalue weighted by molar-refractivity contribution is 6.05. The third-order valence-electron chi connectivity index (χ3n) is 3.90. The summed E-state index contributed by atoms with van der Waals surface area (Å²) < 4.78 is 5.24. The molecule has 3 N–H and O–H groups in total. The van der Waals surface area contributed by atoms with Crippen molar-refractivity contribution < 1.29 is 4.52 Å². The van der Waals surface area contributed by atoms with E-state index in [1.54, 1.807) is 6.08 Å². The number of nitrogens with two attached hydrogens (primary N) is 1. The van der Waals surface area contributed by atoms with E-state index >= 15 is 0 Å². The molecule has 150 valence electrons. The fourth-order valence-corrected chi connectivity index (χ4v) is 2.62. The Balaban J connectivity index is 0.000000892. The van der Waals surface area contributed by atoms with Gasteiger partial charge in [-0.05, 0) is 50.0 Å². The lowest BCUT2D eigenvalue weighted by Crippen LogP contribution is -2.05. The standard InChI is InChI=1S/C20H23N3O.C4H10/c1-5-7-8-15(6-2)11-19(22)17-12-16(9-10-18(17)21)20-13(3)23-24-14(20)4;1-4(2)3/h5-10,12,22H,1,11,21H2,2-4H3;4H,1-3H3/b8-7-,15-6+,22-19?;. The van der Waals surface area contributed by atoms with E-state index in [-0.39, 0.29) is 0 Å². The number of nitrogens with one attached hydrogen (secondary N) is 1. The summed E-state index contributed by atoms with van der Waals surface area (Å²) in [6, 6.07) is 5.71. The number of rotatable bonds is 6. The van der Waals surface area contributed by atoms with Crippen molar-refractivity contribution in [1.29, 1.82) is 5.41 Å². The first-order valence-corrected chi connectivity index (χ1v) is 9.56. The molecule has 28 heavy (non-hydrogen) atoms. The average molecular weight is 380 g/mol. The van der Waals surface area contributed by atoms with Crippen molar-refractivity contribution in [3.05, 3.63) is 71.7 Å². The average Bonchev–Trinajstić information content (AvgIpc) is 2.97. The van der Waals surface area contributed by atoms with Crippen LogP contribution in [0.15, 0.2) is 59.2 Å². The van der Waals surface area contributed by atoms with Gasteiger partial charge in [-0.2, -0.15) is 0 Å². The minimum absolute atomic E-state index is 0.475. The van der Waals surface area contributed by atoms with Crippen molar-refractivity contribution in [3.63, 3.8) is 0 Å². The van der Waals surface area contributed by atoms with Crippen molar-refractivity contribution in [2.45, 2.75) is 48.0 Å². The van der Waals surface area contributed by atoms with Crippen molar-refractivity contribution in [2.75, 3.05) is 5.73 Å². The van der Waals surface area contributed by atoms with Gasteiger partial charge in [0.25, 0.3) is 0 Å². The number of hydrogen-bond donors (Lipinski definition) is 2. The van der Waals surface area contributed by atoms with E-state index in [9.17, 15) is 0 Å². The van der Waals surface area contributed by atoms with Crippen LogP contribution in [0.25, 0.3) is 11.1 Å². The Bertz CT molecular complexity index is 848. The topological polar surface area (TPSA) is 75.9 Å². The normalized spacial score (nSPS) is 11.5. The first-order chi connectivity index (χ1) is 13.2. The third-order valence-corrected chi connectivity index (χ3v) is 3.90. The minimum atomic E-state index is 0.475. The van der Waals surface area contributed by atoms with Crippen LogP contribution in [0.3, 0.4) is 0 Å². The second kappa shape index (κ2) is 11.1. The summed E-state index contributed by atoms with van der Waals surface area (Å²) >= 11 is 0. The number of aromatic nitrogens is 1. The van der Waals surface area contributed by atoms with Gasteiger partial charge in [0.2, 0.25) is 0 Å². The van der Waals surface area contributed by atoms with Gasteiger partial charge in [-0.15, -0.1) is 0 Å². The summed E-state index contributed by atoms with van der Waals surface area (Å²) in [6.45, 7) is 15.9. The molecule has 0 aliphatic carbocycles. The molecular weight excluding hydrogens is 346 g/mol. The van der Waals surface area contributed by atoms with Gasteiger partial charge in [-0.25, -0.2) is 0 Å². The minimum Gasteiger partial charge on any atom is -0.398 e. The smallest absolute Gasteiger partial charge is 0.141 e. The summed E-state index contributed by atoms with van der Waals surface area (Å²) in [7, 11) is 0. The van der Waals surface area contributed by atoms with Crippen LogP contribution >= 0.6 is 0 Å². The predicted octanol–water partition coefficient (Wildman–Crippen LogP) is 6.65. The summed E-state index contributed by atoms with van der Waals surface area (Å²) in [6.07, 6.45) is 8.04. The maximum atomic E-state index is 8.45. The maximum absolute atomic E-state index is 8.45. The molecule has 0 bridgehead atoms. The Morgan fingerprint density at radius 3 is 2.43 bits per heavy atom. The monoisotopic (exact) mass is 379 g/mol. The van der Waals surface area contributed by atoms with E-state index in [1.807, 2.05) is 57.2 Å². The van der Waals surface area contributed by atoms with Gasteiger partial charge in [-0.1, -0.05) is 62.9 Å². The number of anilines is 1. The molecule has 0 atom stereocenters. The number of nitrogens with zero attached hydrogens (tertiary/aromatic N) is 1. The van der Waals surface area contributed by atoms with Crippen molar-refractivity contribution in [2.24, 2.45) is 5.92 Å². The fraction of sp³-hybridized carbons (Fsp3) is 0.333. The highest BCUT2D eigenvalue weighted by atomic mass is 16.5. The largest absolute Gasteiger partial charge is 0.398 e. The van der Waals surface area contributed by atoms with Gasteiger partial charge >= 0.3 is 0 Å². The fourth-order valence-electron chi connectivity index (χ4n) is 2.62. The number of benzene rings is 1. The summed E-state index contributed by atoms with van der Waals surface area (Å²) in [5, 5.41) is 12.4. The zero-order valence-electron chi connectivity index (χ0n) is 18.0. The summed E-state index contributed by atoms with van der Waals surface area (Å²) in [4.78, 5) is 0. The lowest BCUT2D eigenvalue weighted by Gasteiger charge is -2.11. The zero-order valence-corrected chi connectivity index (χ0v) is 18.0. The number of nitrogen functional groups attached to an aromatic ring is 1. The molecule has 1 heterocycles. The van der Waals surface area contributed by atoms with Crippen molar-refractivity contribution in [3.8, 4) is 11.1 Å². The zero-order chi connectivity index (χ0) is 21.3. The van der Waals surface area contributed by atoms with Crippen LogP contribution < -0.4 is 5.73 Å². The van der Waals surface area contributed by atoms with Crippen molar-refractivity contribution >= 4 is 11.4 Å². The molecule has 0 saturated heterocycles. The van der Waals surface area contributed by atoms with Gasteiger partial charge in [-0.3, -0.25) is 0 Å². The van der Waals surface area contributed by atoms with Gasteiger partial charge in [0.15, 0.2) is 0 Å². The Morgan fingerprint density at radius 2 is 1.93 bits per heavy atom.